The number of amides is 1. The quantitative estimate of drug-likeness (QED) is 0.841. The van der Waals surface area contributed by atoms with E-state index in [4.69, 9.17) is 16.3 Å². The molecule has 1 aromatic carbocycles. The Morgan fingerprint density at radius 2 is 2.19 bits per heavy atom. The molecule has 0 aliphatic carbocycles. The predicted octanol–water partition coefficient (Wildman–Crippen LogP) is 2.57. The predicted molar refractivity (Wildman–Crippen MR) is 84.8 cm³/mol. The van der Waals surface area contributed by atoms with Gasteiger partial charge in [-0.05, 0) is 56.1 Å². The van der Waals surface area contributed by atoms with E-state index in [1.54, 1.807) is 17.0 Å². The van der Waals surface area contributed by atoms with Gasteiger partial charge in [0.25, 0.3) is 0 Å². The van der Waals surface area contributed by atoms with Gasteiger partial charge in [-0.2, -0.15) is 0 Å². The van der Waals surface area contributed by atoms with Crippen LogP contribution in [0, 0.1) is 5.92 Å². The number of likely N-dealkylation sites (N-methyl/N-ethyl adjacent to an activating group) is 1. The maximum atomic E-state index is 12.0. The van der Waals surface area contributed by atoms with Gasteiger partial charge >= 0.3 is 0 Å². The number of nitrogens with zero attached hydrogens (tertiary/aromatic N) is 1. The summed E-state index contributed by atoms with van der Waals surface area (Å²) in [6.07, 6.45) is 2.80. The molecule has 1 aliphatic rings. The third-order valence-corrected chi connectivity index (χ3v) is 4.12. The summed E-state index contributed by atoms with van der Waals surface area (Å²) in [6, 6.07) is 7.25. The summed E-state index contributed by atoms with van der Waals surface area (Å²) in [4.78, 5) is 13.8. The van der Waals surface area contributed by atoms with Crippen molar-refractivity contribution >= 4 is 17.5 Å². The fourth-order valence-electron chi connectivity index (χ4n) is 2.44. The zero-order valence-electron chi connectivity index (χ0n) is 12.5. The van der Waals surface area contributed by atoms with Crippen molar-refractivity contribution in [3.63, 3.8) is 0 Å². The molecule has 1 unspecified atom stereocenters. The number of halogens is 1. The molecule has 0 radical (unpaired) electrons. The Balaban J connectivity index is 1.62. The molecule has 2 rings (SSSR count). The second kappa shape index (κ2) is 8.25. The second-order valence-corrected chi connectivity index (χ2v) is 5.95. The van der Waals surface area contributed by atoms with Crippen molar-refractivity contribution in [3.05, 3.63) is 29.3 Å². The third-order valence-electron chi connectivity index (χ3n) is 3.86. The molecule has 1 amide bonds. The Morgan fingerprint density at radius 3 is 2.86 bits per heavy atom. The minimum absolute atomic E-state index is 0.196. The molecule has 1 atom stereocenters. The largest absolute Gasteiger partial charge is 0.492 e. The monoisotopic (exact) mass is 310 g/mol. The van der Waals surface area contributed by atoms with Crippen LogP contribution >= 0.6 is 11.6 Å². The molecule has 0 spiro atoms. The molecule has 1 N–H and O–H groups in total. The van der Waals surface area contributed by atoms with E-state index >= 15 is 0 Å². The van der Waals surface area contributed by atoms with Crippen molar-refractivity contribution < 1.29 is 9.53 Å². The Hall–Kier alpha value is -1.26. The van der Waals surface area contributed by atoms with Crippen molar-refractivity contribution in [2.75, 3.05) is 33.3 Å². The maximum absolute atomic E-state index is 12.0. The standard InChI is InChI=1S/C16H23ClN2O2/c1-19(16(20)7-2-13-8-9-18-12-13)10-11-21-15-5-3-14(17)4-6-15/h3-6,13,18H,2,7-12H2,1H3. The van der Waals surface area contributed by atoms with Crippen LogP contribution in [0.25, 0.3) is 0 Å². The molecule has 116 valence electrons. The molecule has 1 aliphatic heterocycles. The van der Waals surface area contributed by atoms with Gasteiger partial charge in [-0.25, -0.2) is 0 Å². The Labute approximate surface area is 131 Å². The van der Waals surface area contributed by atoms with E-state index in [9.17, 15) is 4.79 Å². The molecule has 1 heterocycles. The lowest BCUT2D eigenvalue weighted by atomic mass is 10.0. The second-order valence-electron chi connectivity index (χ2n) is 5.52. The molecule has 0 aromatic heterocycles. The minimum Gasteiger partial charge on any atom is -0.492 e. The molecule has 21 heavy (non-hydrogen) atoms. The number of carbonyl (C=O) groups excluding carboxylic acids is 1. The highest BCUT2D eigenvalue weighted by molar-refractivity contribution is 6.30. The summed E-state index contributed by atoms with van der Waals surface area (Å²) < 4.78 is 5.60. The van der Waals surface area contributed by atoms with Crippen molar-refractivity contribution in [2.24, 2.45) is 5.92 Å². The molecule has 5 heteroatoms. The van der Waals surface area contributed by atoms with E-state index in [2.05, 4.69) is 5.32 Å². The van der Waals surface area contributed by atoms with Gasteiger partial charge in [0.1, 0.15) is 12.4 Å². The van der Waals surface area contributed by atoms with Crippen LogP contribution < -0.4 is 10.1 Å². The van der Waals surface area contributed by atoms with Gasteiger partial charge < -0.3 is 15.0 Å². The number of rotatable bonds is 7. The maximum Gasteiger partial charge on any atom is 0.222 e. The van der Waals surface area contributed by atoms with Crippen LogP contribution in [0.15, 0.2) is 24.3 Å². The smallest absolute Gasteiger partial charge is 0.222 e. The van der Waals surface area contributed by atoms with Gasteiger partial charge in [-0.1, -0.05) is 11.6 Å². The first kappa shape index (κ1) is 16.1. The fraction of sp³-hybridized carbons (Fsp3) is 0.562. The fourth-order valence-corrected chi connectivity index (χ4v) is 2.56. The van der Waals surface area contributed by atoms with Crippen LogP contribution in [0.1, 0.15) is 19.3 Å². The highest BCUT2D eigenvalue weighted by atomic mass is 35.5. The highest BCUT2D eigenvalue weighted by Gasteiger charge is 2.17. The van der Waals surface area contributed by atoms with Gasteiger partial charge in [-0.3, -0.25) is 4.79 Å². The number of carbonyl (C=O) groups is 1. The molecule has 0 saturated carbocycles. The van der Waals surface area contributed by atoms with E-state index in [1.165, 1.54) is 6.42 Å². The lowest BCUT2D eigenvalue weighted by Gasteiger charge is -2.18. The van der Waals surface area contributed by atoms with E-state index in [0.29, 0.717) is 30.5 Å². The molecule has 0 bridgehead atoms. The minimum atomic E-state index is 0.196. The summed E-state index contributed by atoms with van der Waals surface area (Å²) in [5.74, 6) is 1.63. The van der Waals surface area contributed by atoms with Gasteiger partial charge in [0.05, 0.1) is 6.54 Å². The number of ether oxygens (including phenoxy) is 1. The van der Waals surface area contributed by atoms with E-state index in [1.807, 2.05) is 19.2 Å². The van der Waals surface area contributed by atoms with Crippen molar-refractivity contribution in [1.82, 2.24) is 10.2 Å². The zero-order chi connectivity index (χ0) is 15.1. The van der Waals surface area contributed by atoms with Crippen molar-refractivity contribution in [1.29, 1.82) is 0 Å². The molecule has 4 nitrogen and oxygen atoms in total. The van der Waals surface area contributed by atoms with Gasteiger partial charge in [-0.15, -0.1) is 0 Å². The molecule has 1 fully saturated rings. The first-order valence-corrected chi connectivity index (χ1v) is 7.86. The summed E-state index contributed by atoms with van der Waals surface area (Å²) in [5.41, 5.74) is 0. The summed E-state index contributed by atoms with van der Waals surface area (Å²) >= 11 is 5.81. The van der Waals surface area contributed by atoms with Gasteiger partial charge in [0.2, 0.25) is 5.91 Å². The average molecular weight is 311 g/mol. The van der Waals surface area contributed by atoms with Crippen molar-refractivity contribution in [3.8, 4) is 5.75 Å². The third kappa shape index (κ3) is 5.56. The van der Waals surface area contributed by atoms with Crippen LogP contribution in [0.4, 0.5) is 0 Å². The Kier molecular flexibility index (Phi) is 6.33. The van der Waals surface area contributed by atoms with Crippen LogP contribution in [0.3, 0.4) is 0 Å². The summed E-state index contributed by atoms with van der Waals surface area (Å²) in [6.45, 7) is 3.24. The lowest BCUT2D eigenvalue weighted by molar-refractivity contribution is -0.130. The van der Waals surface area contributed by atoms with E-state index in [0.717, 1.165) is 25.3 Å². The number of hydrogen-bond acceptors (Lipinski definition) is 3. The highest BCUT2D eigenvalue weighted by Crippen LogP contribution is 2.16. The van der Waals surface area contributed by atoms with Crippen LogP contribution in [-0.4, -0.2) is 44.1 Å². The first-order chi connectivity index (χ1) is 10.1. The normalized spacial score (nSPS) is 17.7. The van der Waals surface area contributed by atoms with Gasteiger partial charge in [0.15, 0.2) is 0 Å². The number of hydrogen-bond donors (Lipinski definition) is 1. The number of benzene rings is 1. The topological polar surface area (TPSA) is 41.6 Å². The molecular weight excluding hydrogens is 288 g/mol. The number of nitrogens with one attached hydrogen (secondary N) is 1. The Morgan fingerprint density at radius 1 is 1.43 bits per heavy atom. The first-order valence-electron chi connectivity index (χ1n) is 7.48. The Bertz CT molecular complexity index is 444. The van der Waals surface area contributed by atoms with Gasteiger partial charge in [0, 0.05) is 18.5 Å². The molecule has 1 saturated heterocycles. The lowest BCUT2D eigenvalue weighted by Crippen LogP contribution is -2.31. The van der Waals surface area contributed by atoms with Crippen LogP contribution in [0.5, 0.6) is 5.75 Å². The summed E-state index contributed by atoms with van der Waals surface area (Å²) in [7, 11) is 1.83. The van der Waals surface area contributed by atoms with Crippen LogP contribution in [0.2, 0.25) is 5.02 Å². The zero-order valence-corrected chi connectivity index (χ0v) is 13.2. The van der Waals surface area contributed by atoms with E-state index < -0.39 is 0 Å². The SMILES string of the molecule is CN(CCOc1ccc(Cl)cc1)C(=O)CCC1CCNC1. The molecular formula is C16H23ClN2O2. The van der Waals surface area contributed by atoms with E-state index in [-0.39, 0.29) is 5.91 Å². The summed E-state index contributed by atoms with van der Waals surface area (Å²) in [5, 5.41) is 4.02. The van der Waals surface area contributed by atoms with Crippen LogP contribution in [-0.2, 0) is 4.79 Å². The van der Waals surface area contributed by atoms with Crippen molar-refractivity contribution in [2.45, 2.75) is 19.3 Å². The average Bonchev–Trinajstić information content (AvgIpc) is 3.00. The molecule has 1 aromatic rings.